The van der Waals surface area contributed by atoms with Crippen LogP contribution < -0.4 is 9.47 Å². The molecule has 0 aromatic heterocycles. The zero-order chi connectivity index (χ0) is 21.5. The molecule has 0 aliphatic carbocycles. The van der Waals surface area contributed by atoms with Crippen LogP contribution in [0.4, 0.5) is 11.4 Å². The highest BCUT2D eigenvalue weighted by Crippen LogP contribution is 2.34. The standard InChI is InChI=1S/C22H18Cl2N2O4/c1-2-29-19-9-5-17(6-10-19)25-13-16-11-20(23)22(21(24)12-16)30-14-15-3-7-18(8-4-15)26(27)28/h3-13H,2,14H2,1H3. The molecule has 0 fully saturated rings. The molecule has 8 heteroatoms. The third-order valence-electron chi connectivity index (χ3n) is 4.06. The van der Waals surface area contributed by atoms with Gasteiger partial charge in [-0.3, -0.25) is 15.1 Å². The maximum Gasteiger partial charge on any atom is 0.269 e. The molecule has 0 unspecified atom stereocenters. The Bertz CT molecular complexity index is 1030. The van der Waals surface area contributed by atoms with Crippen molar-refractivity contribution in [2.45, 2.75) is 13.5 Å². The van der Waals surface area contributed by atoms with Gasteiger partial charge in [0.1, 0.15) is 12.4 Å². The van der Waals surface area contributed by atoms with E-state index in [1.807, 2.05) is 31.2 Å². The Labute approximate surface area is 183 Å². The summed E-state index contributed by atoms with van der Waals surface area (Å²) >= 11 is 12.7. The Morgan fingerprint density at radius 2 is 1.63 bits per heavy atom. The molecule has 0 bridgehead atoms. The van der Waals surface area contributed by atoms with Crippen LogP contribution in [0.1, 0.15) is 18.1 Å². The summed E-state index contributed by atoms with van der Waals surface area (Å²) in [7, 11) is 0. The quantitative estimate of drug-likeness (QED) is 0.222. The van der Waals surface area contributed by atoms with E-state index in [9.17, 15) is 10.1 Å². The number of rotatable bonds is 8. The fraction of sp³-hybridized carbons (Fsp3) is 0.136. The molecule has 0 atom stereocenters. The Balaban J connectivity index is 1.67. The van der Waals surface area contributed by atoms with Crippen LogP contribution >= 0.6 is 23.2 Å². The lowest BCUT2D eigenvalue weighted by Gasteiger charge is -2.11. The van der Waals surface area contributed by atoms with Crippen molar-refractivity contribution < 1.29 is 14.4 Å². The van der Waals surface area contributed by atoms with Crippen LogP contribution in [0, 0.1) is 10.1 Å². The van der Waals surface area contributed by atoms with Crippen molar-refractivity contribution in [2.24, 2.45) is 4.99 Å². The topological polar surface area (TPSA) is 74.0 Å². The molecule has 0 aliphatic heterocycles. The molecular formula is C22H18Cl2N2O4. The minimum atomic E-state index is -0.452. The number of benzene rings is 3. The number of nitro benzene ring substituents is 1. The van der Waals surface area contributed by atoms with E-state index in [4.69, 9.17) is 32.7 Å². The maximum atomic E-state index is 10.7. The highest BCUT2D eigenvalue weighted by molar-refractivity contribution is 6.37. The van der Waals surface area contributed by atoms with E-state index in [0.29, 0.717) is 22.4 Å². The second-order valence-electron chi connectivity index (χ2n) is 6.21. The van der Waals surface area contributed by atoms with Gasteiger partial charge in [0.15, 0.2) is 5.75 Å². The summed E-state index contributed by atoms with van der Waals surface area (Å²) < 4.78 is 11.1. The first-order valence-corrected chi connectivity index (χ1v) is 9.84. The number of aliphatic imine (C=N–C) groups is 1. The molecule has 0 heterocycles. The van der Waals surface area contributed by atoms with E-state index in [2.05, 4.69) is 4.99 Å². The van der Waals surface area contributed by atoms with Gasteiger partial charge in [-0.1, -0.05) is 23.2 Å². The fourth-order valence-corrected chi connectivity index (χ4v) is 3.22. The number of ether oxygens (including phenoxy) is 2. The van der Waals surface area contributed by atoms with Crippen LogP contribution in [-0.4, -0.2) is 17.7 Å². The number of hydrogen-bond donors (Lipinski definition) is 0. The lowest BCUT2D eigenvalue weighted by atomic mass is 10.2. The molecule has 0 saturated heterocycles. The van der Waals surface area contributed by atoms with Gasteiger partial charge in [0.25, 0.3) is 5.69 Å². The van der Waals surface area contributed by atoms with Gasteiger partial charge >= 0.3 is 0 Å². The number of non-ortho nitro benzene ring substituents is 1. The molecule has 3 aromatic carbocycles. The van der Waals surface area contributed by atoms with E-state index in [1.54, 1.807) is 30.5 Å². The first kappa shape index (κ1) is 21.6. The summed E-state index contributed by atoms with van der Waals surface area (Å²) in [5, 5.41) is 11.4. The van der Waals surface area contributed by atoms with Crippen molar-refractivity contribution in [3.63, 3.8) is 0 Å². The summed E-state index contributed by atoms with van der Waals surface area (Å²) in [6.07, 6.45) is 1.66. The highest BCUT2D eigenvalue weighted by atomic mass is 35.5. The smallest absolute Gasteiger partial charge is 0.269 e. The lowest BCUT2D eigenvalue weighted by Crippen LogP contribution is -1.98. The SMILES string of the molecule is CCOc1ccc(N=Cc2cc(Cl)c(OCc3ccc([N+](=O)[O-])cc3)c(Cl)c2)cc1. The molecule has 0 radical (unpaired) electrons. The van der Waals surface area contributed by atoms with Gasteiger partial charge in [0.2, 0.25) is 0 Å². The molecular weight excluding hydrogens is 427 g/mol. The summed E-state index contributed by atoms with van der Waals surface area (Å²) in [4.78, 5) is 14.7. The first-order chi connectivity index (χ1) is 14.5. The molecule has 3 aromatic rings. The summed E-state index contributed by atoms with van der Waals surface area (Å²) in [6.45, 7) is 2.72. The molecule has 0 aliphatic rings. The second-order valence-corrected chi connectivity index (χ2v) is 7.03. The van der Waals surface area contributed by atoms with Crippen LogP contribution in [0.25, 0.3) is 0 Å². The first-order valence-electron chi connectivity index (χ1n) is 9.08. The predicted octanol–water partition coefficient (Wildman–Crippen LogP) is 6.63. The summed E-state index contributed by atoms with van der Waals surface area (Å²) in [5.41, 5.74) is 2.27. The van der Waals surface area contributed by atoms with Gasteiger partial charge in [-0.25, -0.2) is 0 Å². The van der Waals surface area contributed by atoms with Gasteiger partial charge in [0, 0.05) is 18.3 Å². The number of halogens is 2. The van der Waals surface area contributed by atoms with Gasteiger partial charge < -0.3 is 9.47 Å². The second kappa shape index (κ2) is 10.1. The van der Waals surface area contributed by atoms with Crippen LogP contribution in [0.2, 0.25) is 10.0 Å². The number of nitrogens with zero attached hydrogens (tertiary/aromatic N) is 2. The summed E-state index contributed by atoms with van der Waals surface area (Å²) in [6, 6.07) is 16.9. The van der Waals surface area contributed by atoms with Gasteiger partial charge in [0.05, 0.1) is 27.3 Å². The van der Waals surface area contributed by atoms with E-state index < -0.39 is 4.92 Å². The molecule has 154 valence electrons. The zero-order valence-corrected chi connectivity index (χ0v) is 17.6. The van der Waals surface area contributed by atoms with Crippen molar-refractivity contribution in [2.75, 3.05) is 6.61 Å². The molecule has 0 saturated carbocycles. The van der Waals surface area contributed by atoms with Crippen LogP contribution in [0.5, 0.6) is 11.5 Å². The Hall–Kier alpha value is -3.09. The zero-order valence-electron chi connectivity index (χ0n) is 16.0. The lowest BCUT2D eigenvalue weighted by molar-refractivity contribution is -0.384. The van der Waals surface area contributed by atoms with Crippen molar-refractivity contribution in [3.05, 3.63) is 92.0 Å². The van der Waals surface area contributed by atoms with Gasteiger partial charge in [-0.2, -0.15) is 0 Å². The van der Waals surface area contributed by atoms with Crippen molar-refractivity contribution in [3.8, 4) is 11.5 Å². The third-order valence-corrected chi connectivity index (χ3v) is 4.62. The average molecular weight is 445 g/mol. The van der Waals surface area contributed by atoms with Gasteiger partial charge in [-0.15, -0.1) is 0 Å². The van der Waals surface area contributed by atoms with Crippen molar-refractivity contribution in [1.29, 1.82) is 0 Å². The van der Waals surface area contributed by atoms with Crippen molar-refractivity contribution >= 4 is 40.8 Å². The van der Waals surface area contributed by atoms with Crippen LogP contribution in [-0.2, 0) is 6.61 Å². The maximum absolute atomic E-state index is 10.7. The van der Waals surface area contributed by atoms with Gasteiger partial charge in [-0.05, 0) is 66.6 Å². The van der Waals surface area contributed by atoms with E-state index in [1.165, 1.54) is 12.1 Å². The minimum Gasteiger partial charge on any atom is -0.494 e. The molecule has 0 spiro atoms. The molecule has 0 N–H and O–H groups in total. The number of hydrogen-bond acceptors (Lipinski definition) is 5. The molecule has 0 amide bonds. The van der Waals surface area contributed by atoms with Crippen LogP contribution in [0.3, 0.4) is 0 Å². The van der Waals surface area contributed by atoms with E-state index in [0.717, 1.165) is 22.6 Å². The minimum absolute atomic E-state index is 0.0194. The number of nitro groups is 1. The average Bonchev–Trinajstić information content (AvgIpc) is 2.73. The fourth-order valence-electron chi connectivity index (χ4n) is 2.61. The van der Waals surface area contributed by atoms with E-state index in [-0.39, 0.29) is 12.3 Å². The Morgan fingerprint density at radius 3 is 2.20 bits per heavy atom. The largest absolute Gasteiger partial charge is 0.494 e. The summed E-state index contributed by atoms with van der Waals surface area (Å²) in [5.74, 6) is 1.13. The van der Waals surface area contributed by atoms with Crippen LogP contribution in [0.15, 0.2) is 65.7 Å². The third kappa shape index (κ3) is 5.72. The Kier molecular flexibility index (Phi) is 7.27. The van der Waals surface area contributed by atoms with E-state index >= 15 is 0 Å². The van der Waals surface area contributed by atoms with Crippen molar-refractivity contribution in [1.82, 2.24) is 0 Å². The predicted molar refractivity (Wildman–Crippen MR) is 119 cm³/mol. The molecule has 30 heavy (non-hydrogen) atoms. The monoisotopic (exact) mass is 444 g/mol. The molecule has 3 rings (SSSR count). The highest BCUT2D eigenvalue weighted by Gasteiger charge is 2.10. The normalized spacial score (nSPS) is 10.9. The Morgan fingerprint density at radius 1 is 1.00 bits per heavy atom. The molecule has 6 nitrogen and oxygen atoms in total.